The zero-order chi connectivity index (χ0) is 9.78. The Hall–Kier alpha value is 0.0900. The van der Waals surface area contributed by atoms with Crippen LogP contribution in [0, 0.1) is 5.92 Å². The van der Waals surface area contributed by atoms with Crippen LogP contribution in [0.2, 0.25) is 0 Å². The van der Waals surface area contributed by atoms with Crippen molar-refractivity contribution in [3.8, 4) is 0 Å². The first kappa shape index (κ1) is 12.1. The third kappa shape index (κ3) is 6.78. The number of hydrogen-bond donors (Lipinski definition) is 0. The summed E-state index contributed by atoms with van der Waals surface area (Å²) < 4.78 is 0.371. The van der Waals surface area contributed by atoms with Gasteiger partial charge in [-0.2, -0.15) is 0 Å². The van der Waals surface area contributed by atoms with E-state index in [2.05, 4.69) is 41.2 Å². The maximum Gasteiger partial charge on any atom is 0.0147 e. The van der Waals surface area contributed by atoms with Gasteiger partial charge in [0.15, 0.2) is 0 Å². The van der Waals surface area contributed by atoms with Crippen molar-refractivity contribution in [2.45, 2.75) is 52.2 Å². The van der Waals surface area contributed by atoms with Gasteiger partial charge in [0.2, 0.25) is 0 Å². The molecule has 72 valence electrons. The molecule has 0 bridgehead atoms. The predicted molar refractivity (Wildman–Crippen MR) is 60.6 cm³/mol. The Morgan fingerprint density at radius 3 is 2.25 bits per heavy atom. The minimum absolute atomic E-state index is 0.371. The average Bonchev–Trinajstić information content (AvgIpc) is 1.81. The van der Waals surface area contributed by atoms with E-state index in [0.29, 0.717) is 4.75 Å². The predicted octanol–water partition coefficient (Wildman–Crippen LogP) is 4.47. The Bertz CT molecular complexity index is 145. The molecular weight excluding hydrogens is 164 g/mol. The molecule has 0 spiro atoms. The SMILES string of the molecule is C=C(C)SC(C)(C)CCC(C)C. The van der Waals surface area contributed by atoms with Gasteiger partial charge in [-0.15, -0.1) is 11.8 Å². The van der Waals surface area contributed by atoms with E-state index in [1.807, 2.05) is 11.8 Å². The van der Waals surface area contributed by atoms with E-state index in [1.54, 1.807) is 0 Å². The van der Waals surface area contributed by atoms with Crippen LogP contribution in [-0.2, 0) is 0 Å². The van der Waals surface area contributed by atoms with Crippen LogP contribution in [0.4, 0.5) is 0 Å². The Balaban J connectivity index is 3.78. The van der Waals surface area contributed by atoms with Crippen molar-refractivity contribution in [3.63, 3.8) is 0 Å². The van der Waals surface area contributed by atoms with E-state index in [9.17, 15) is 0 Å². The molecule has 0 aliphatic heterocycles. The van der Waals surface area contributed by atoms with Crippen molar-refractivity contribution in [1.29, 1.82) is 0 Å². The first-order valence-electron chi connectivity index (χ1n) is 4.68. The van der Waals surface area contributed by atoms with Crippen molar-refractivity contribution in [2.75, 3.05) is 0 Å². The summed E-state index contributed by atoms with van der Waals surface area (Å²) in [5, 5.41) is 0. The summed E-state index contributed by atoms with van der Waals surface area (Å²) in [5.41, 5.74) is 0. The van der Waals surface area contributed by atoms with Crippen LogP contribution >= 0.6 is 11.8 Å². The summed E-state index contributed by atoms with van der Waals surface area (Å²) in [4.78, 5) is 1.23. The van der Waals surface area contributed by atoms with Crippen LogP contribution in [0.15, 0.2) is 11.5 Å². The molecule has 0 aromatic heterocycles. The second-order valence-corrected chi connectivity index (χ2v) is 6.50. The fourth-order valence-corrected chi connectivity index (χ4v) is 2.32. The molecule has 0 amide bonds. The third-order valence-corrected chi connectivity index (χ3v) is 2.88. The number of thioether (sulfide) groups is 1. The molecule has 0 N–H and O–H groups in total. The highest BCUT2D eigenvalue weighted by Crippen LogP contribution is 2.34. The third-order valence-electron chi connectivity index (χ3n) is 1.77. The van der Waals surface area contributed by atoms with E-state index >= 15 is 0 Å². The largest absolute Gasteiger partial charge is 0.125 e. The van der Waals surface area contributed by atoms with Crippen LogP contribution in [0.5, 0.6) is 0 Å². The molecule has 0 radical (unpaired) electrons. The van der Waals surface area contributed by atoms with Crippen molar-refractivity contribution in [2.24, 2.45) is 5.92 Å². The van der Waals surface area contributed by atoms with Crippen LogP contribution < -0.4 is 0 Å². The molecule has 0 rings (SSSR count). The fourth-order valence-electron chi connectivity index (χ4n) is 1.16. The Morgan fingerprint density at radius 1 is 1.42 bits per heavy atom. The quantitative estimate of drug-likeness (QED) is 0.610. The van der Waals surface area contributed by atoms with Gasteiger partial charge < -0.3 is 0 Å². The van der Waals surface area contributed by atoms with E-state index < -0.39 is 0 Å². The molecule has 0 atom stereocenters. The van der Waals surface area contributed by atoms with Gasteiger partial charge in [0.05, 0.1) is 0 Å². The van der Waals surface area contributed by atoms with Gasteiger partial charge in [0, 0.05) is 4.75 Å². The van der Waals surface area contributed by atoms with Crippen LogP contribution in [-0.4, -0.2) is 4.75 Å². The van der Waals surface area contributed by atoms with Gasteiger partial charge in [0.25, 0.3) is 0 Å². The molecule has 0 nitrogen and oxygen atoms in total. The maximum atomic E-state index is 3.93. The minimum atomic E-state index is 0.371. The van der Waals surface area contributed by atoms with Crippen LogP contribution in [0.25, 0.3) is 0 Å². The van der Waals surface area contributed by atoms with Crippen molar-refractivity contribution in [3.05, 3.63) is 11.5 Å². The lowest BCUT2D eigenvalue weighted by Gasteiger charge is -2.24. The Morgan fingerprint density at radius 2 is 1.92 bits per heavy atom. The van der Waals surface area contributed by atoms with Gasteiger partial charge in [-0.3, -0.25) is 0 Å². The zero-order valence-corrected chi connectivity index (χ0v) is 9.92. The molecular formula is C11H22S. The monoisotopic (exact) mass is 186 g/mol. The number of rotatable bonds is 5. The van der Waals surface area contributed by atoms with E-state index in [1.165, 1.54) is 17.7 Å². The smallest absolute Gasteiger partial charge is 0.0147 e. The molecule has 0 saturated carbocycles. The molecule has 0 aromatic carbocycles. The minimum Gasteiger partial charge on any atom is -0.125 e. The summed E-state index contributed by atoms with van der Waals surface area (Å²) in [7, 11) is 0. The van der Waals surface area contributed by atoms with E-state index in [4.69, 9.17) is 0 Å². The summed E-state index contributed by atoms with van der Waals surface area (Å²) in [6.07, 6.45) is 2.59. The molecule has 0 saturated heterocycles. The standard InChI is InChI=1S/C11H22S/c1-9(2)7-8-11(5,6)12-10(3)4/h9H,3,7-8H2,1-2,4-6H3. The van der Waals surface area contributed by atoms with E-state index in [0.717, 1.165) is 5.92 Å². The normalized spacial score (nSPS) is 12.2. The number of allylic oxidation sites excluding steroid dienone is 1. The molecule has 12 heavy (non-hydrogen) atoms. The fraction of sp³-hybridized carbons (Fsp3) is 0.818. The van der Waals surface area contributed by atoms with Gasteiger partial charge in [-0.25, -0.2) is 0 Å². The summed E-state index contributed by atoms with van der Waals surface area (Å²) in [6.45, 7) is 15.2. The van der Waals surface area contributed by atoms with Crippen molar-refractivity contribution < 1.29 is 0 Å². The Labute approximate surface area is 81.8 Å². The zero-order valence-electron chi connectivity index (χ0n) is 9.11. The Kier molecular flexibility index (Phi) is 5.00. The highest BCUT2D eigenvalue weighted by atomic mass is 32.2. The lowest BCUT2D eigenvalue weighted by Crippen LogP contribution is -2.15. The average molecular weight is 186 g/mol. The van der Waals surface area contributed by atoms with E-state index in [-0.39, 0.29) is 0 Å². The first-order valence-corrected chi connectivity index (χ1v) is 5.49. The topological polar surface area (TPSA) is 0 Å². The molecule has 0 fully saturated rings. The molecule has 1 heteroatoms. The van der Waals surface area contributed by atoms with Crippen LogP contribution in [0.1, 0.15) is 47.5 Å². The van der Waals surface area contributed by atoms with Gasteiger partial charge >= 0.3 is 0 Å². The molecule has 0 unspecified atom stereocenters. The molecule has 0 aromatic rings. The highest BCUT2D eigenvalue weighted by Gasteiger charge is 2.18. The van der Waals surface area contributed by atoms with Crippen molar-refractivity contribution >= 4 is 11.8 Å². The lowest BCUT2D eigenvalue weighted by molar-refractivity contribution is 0.502. The van der Waals surface area contributed by atoms with Gasteiger partial charge in [0.1, 0.15) is 0 Å². The van der Waals surface area contributed by atoms with Gasteiger partial charge in [-0.1, -0.05) is 34.3 Å². The summed E-state index contributed by atoms with van der Waals surface area (Å²) in [6, 6.07) is 0. The molecule has 0 aliphatic carbocycles. The summed E-state index contributed by atoms with van der Waals surface area (Å²) in [5.74, 6) is 0.815. The number of hydrogen-bond acceptors (Lipinski definition) is 1. The first-order chi connectivity index (χ1) is 5.33. The second-order valence-electron chi connectivity index (χ2n) is 4.50. The van der Waals surface area contributed by atoms with Crippen molar-refractivity contribution in [1.82, 2.24) is 0 Å². The van der Waals surface area contributed by atoms with Gasteiger partial charge in [-0.05, 0) is 30.6 Å². The summed E-state index contributed by atoms with van der Waals surface area (Å²) >= 11 is 1.90. The highest BCUT2D eigenvalue weighted by molar-refractivity contribution is 8.04. The maximum absolute atomic E-state index is 3.93. The second kappa shape index (κ2) is 4.96. The lowest BCUT2D eigenvalue weighted by atomic mass is 10.0. The van der Waals surface area contributed by atoms with Crippen LogP contribution in [0.3, 0.4) is 0 Å². The molecule has 0 aliphatic rings. The molecule has 0 heterocycles.